The van der Waals surface area contributed by atoms with Gasteiger partial charge in [0.2, 0.25) is 0 Å². The van der Waals surface area contributed by atoms with Crippen molar-refractivity contribution in [2.75, 3.05) is 62.9 Å². The number of likely N-dealkylation sites (N-methyl/N-ethyl adjacent to an activating group) is 1. The molecule has 3 heterocycles. The number of fused-ring (bicyclic) bond motifs is 1. The van der Waals surface area contributed by atoms with Crippen LogP contribution in [-0.2, 0) is 7.05 Å². The van der Waals surface area contributed by atoms with Crippen LogP contribution in [0.25, 0.3) is 22.2 Å². The molecule has 182 valence electrons. The number of anilines is 4. The summed E-state index contributed by atoms with van der Waals surface area (Å²) in [5, 5.41) is 12.2. The smallest absolute Gasteiger partial charge is 0.144 e. The first-order valence-corrected chi connectivity index (χ1v) is 11.9. The minimum atomic E-state index is 0.700. The molecule has 0 atom stereocenters. The van der Waals surface area contributed by atoms with Crippen molar-refractivity contribution in [2.24, 2.45) is 7.05 Å². The molecule has 0 spiro atoms. The largest absolute Gasteiger partial charge is 0.494 e. The fourth-order valence-electron chi connectivity index (χ4n) is 4.63. The van der Waals surface area contributed by atoms with E-state index < -0.39 is 0 Å². The van der Waals surface area contributed by atoms with Crippen LogP contribution in [0.2, 0.25) is 0 Å². The Morgan fingerprint density at radius 1 is 0.943 bits per heavy atom. The normalized spacial score (nSPS) is 14.7. The van der Waals surface area contributed by atoms with E-state index in [1.54, 1.807) is 13.4 Å². The van der Waals surface area contributed by atoms with E-state index in [1.165, 1.54) is 0 Å². The van der Waals surface area contributed by atoms with Crippen molar-refractivity contribution in [2.45, 2.75) is 6.42 Å². The second kappa shape index (κ2) is 9.79. The lowest BCUT2D eigenvalue weighted by atomic mass is 10.1. The fraction of sp³-hybridized carbons (Fsp3) is 0.346. The highest BCUT2D eigenvalue weighted by Crippen LogP contribution is 2.38. The van der Waals surface area contributed by atoms with Crippen LogP contribution in [0.1, 0.15) is 6.42 Å². The summed E-state index contributed by atoms with van der Waals surface area (Å²) in [4.78, 5) is 13.8. The first-order valence-electron chi connectivity index (χ1n) is 11.9. The van der Waals surface area contributed by atoms with Gasteiger partial charge in [-0.1, -0.05) is 6.07 Å². The van der Waals surface area contributed by atoms with Crippen LogP contribution in [0.15, 0.2) is 48.9 Å². The van der Waals surface area contributed by atoms with E-state index in [-0.39, 0.29) is 0 Å². The molecule has 5 rings (SSSR count). The SMILES string of the molecule is CNc1cc(Nc2cc(-c3ccc4c(cnn4C)c3)ncn2)c(OC)cc1N1CCCN(C)CC1. The molecule has 0 bridgehead atoms. The van der Waals surface area contributed by atoms with Gasteiger partial charge >= 0.3 is 0 Å². The summed E-state index contributed by atoms with van der Waals surface area (Å²) in [6.07, 6.45) is 4.59. The molecule has 35 heavy (non-hydrogen) atoms. The van der Waals surface area contributed by atoms with E-state index in [4.69, 9.17) is 4.74 Å². The monoisotopic (exact) mass is 472 g/mol. The zero-order chi connectivity index (χ0) is 24.4. The van der Waals surface area contributed by atoms with Gasteiger partial charge in [-0.05, 0) is 38.2 Å². The summed E-state index contributed by atoms with van der Waals surface area (Å²) in [5.41, 5.74) is 5.99. The van der Waals surface area contributed by atoms with Gasteiger partial charge < -0.3 is 25.2 Å². The molecule has 1 aliphatic rings. The molecule has 2 N–H and O–H groups in total. The number of hydrogen-bond acceptors (Lipinski definition) is 8. The Balaban J connectivity index is 1.44. The molecule has 1 fully saturated rings. The Bertz CT molecular complexity index is 1330. The number of benzene rings is 2. The number of aryl methyl sites for hydroxylation is 1. The van der Waals surface area contributed by atoms with Gasteiger partial charge in [-0.3, -0.25) is 4.68 Å². The molecule has 0 aliphatic carbocycles. The second-order valence-corrected chi connectivity index (χ2v) is 8.92. The van der Waals surface area contributed by atoms with Gasteiger partial charge in [-0.15, -0.1) is 0 Å². The van der Waals surface area contributed by atoms with E-state index in [0.29, 0.717) is 5.82 Å². The molecule has 0 amide bonds. The third-order valence-corrected chi connectivity index (χ3v) is 6.62. The zero-order valence-corrected chi connectivity index (χ0v) is 20.7. The highest BCUT2D eigenvalue weighted by Gasteiger charge is 2.19. The molecule has 2 aromatic carbocycles. The summed E-state index contributed by atoms with van der Waals surface area (Å²) >= 11 is 0. The topological polar surface area (TPSA) is 83.4 Å². The van der Waals surface area contributed by atoms with Crippen LogP contribution in [0.3, 0.4) is 0 Å². The van der Waals surface area contributed by atoms with Crippen molar-refractivity contribution in [3.63, 3.8) is 0 Å². The van der Waals surface area contributed by atoms with Gasteiger partial charge in [0, 0.05) is 56.8 Å². The maximum atomic E-state index is 5.79. The van der Waals surface area contributed by atoms with Crippen LogP contribution < -0.4 is 20.3 Å². The maximum absolute atomic E-state index is 5.79. The number of nitrogens with zero attached hydrogens (tertiary/aromatic N) is 6. The molecular weight excluding hydrogens is 440 g/mol. The minimum absolute atomic E-state index is 0.700. The highest BCUT2D eigenvalue weighted by atomic mass is 16.5. The lowest BCUT2D eigenvalue weighted by Crippen LogP contribution is -2.29. The lowest BCUT2D eigenvalue weighted by molar-refractivity contribution is 0.360. The number of methoxy groups -OCH3 is 1. The van der Waals surface area contributed by atoms with E-state index in [2.05, 4.69) is 72.9 Å². The predicted octanol–water partition coefficient (Wildman–Crippen LogP) is 3.97. The molecule has 0 saturated carbocycles. The number of rotatable bonds is 6. The van der Waals surface area contributed by atoms with Gasteiger partial charge in [0.25, 0.3) is 0 Å². The first kappa shape index (κ1) is 22.9. The standard InChI is InChI=1S/C26H32N8O/c1-27-21-13-22(25(35-4)15-24(21)34-9-5-8-32(2)10-11-34)31-26-14-20(28-17-29-26)18-6-7-23-19(12-18)16-30-33(23)3/h6-7,12-17,27H,5,8-11H2,1-4H3,(H,28,29,31). The number of ether oxygens (including phenoxy) is 1. The van der Waals surface area contributed by atoms with Crippen molar-refractivity contribution in [1.29, 1.82) is 0 Å². The van der Waals surface area contributed by atoms with Crippen LogP contribution in [0.5, 0.6) is 5.75 Å². The third kappa shape index (κ3) is 4.72. The Kier molecular flexibility index (Phi) is 6.41. The molecule has 2 aromatic heterocycles. The summed E-state index contributed by atoms with van der Waals surface area (Å²) in [6, 6.07) is 12.4. The van der Waals surface area contributed by atoms with Crippen LogP contribution >= 0.6 is 0 Å². The second-order valence-electron chi connectivity index (χ2n) is 8.92. The van der Waals surface area contributed by atoms with Crippen molar-refractivity contribution in [3.8, 4) is 17.0 Å². The molecule has 9 nitrogen and oxygen atoms in total. The van der Waals surface area contributed by atoms with Gasteiger partial charge in [0.05, 0.1) is 41.6 Å². The van der Waals surface area contributed by atoms with Crippen molar-refractivity contribution < 1.29 is 4.74 Å². The Labute approximate surface area is 205 Å². The molecule has 4 aromatic rings. The van der Waals surface area contributed by atoms with Gasteiger partial charge in [0.1, 0.15) is 17.9 Å². The summed E-state index contributed by atoms with van der Waals surface area (Å²) in [5.74, 6) is 1.47. The fourth-order valence-corrected chi connectivity index (χ4v) is 4.63. The molecule has 0 unspecified atom stereocenters. The average molecular weight is 473 g/mol. The highest BCUT2D eigenvalue weighted by molar-refractivity contribution is 5.85. The minimum Gasteiger partial charge on any atom is -0.494 e. The van der Waals surface area contributed by atoms with Gasteiger partial charge in [-0.2, -0.15) is 5.10 Å². The first-order chi connectivity index (χ1) is 17.1. The Hall–Kier alpha value is -3.85. The van der Waals surface area contributed by atoms with Crippen molar-refractivity contribution in [1.82, 2.24) is 24.6 Å². The molecular formula is C26H32N8O. The molecule has 9 heteroatoms. The summed E-state index contributed by atoms with van der Waals surface area (Å²) in [7, 11) is 7.78. The lowest BCUT2D eigenvalue weighted by Gasteiger charge is -2.27. The summed E-state index contributed by atoms with van der Waals surface area (Å²) in [6.45, 7) is 4.16. The van der Waals surface area contributed by atoms with E-state index >= 15 is 0 Å². The number of nitrogens with one attached hydrogen (secondary N) is 2. The van der Waals surface area contributed by atoms with Crippen LogP contribution in [0.4, 0.5) is 22.9 Å². The summed E-state index contributed by atoms with van der Waals surface area (Å²) < 4.78 is 7.65. The van der Waals surface area contributed by atoms with Crippen molar-refractivity contribution in [3.05, 3.63) is 48.9 Å². The van der Waals surface area contributed by atoms with Gasteiger partial charge in [-0.25, -0.2) is 9.97 Å². The quantitative estimate of drug-likeness (QED) is 0.436. The number of aromatic nitrogens is 4. The molecule has 0 radical (unpaired) electrons. The average Bonchev–Trinajstić information content (AvgIpc) is 3.11. The Morgan fingerprint density at radius 3 is 2.66 bits per heavy atom. The van der Waals surface area contributed by atoms with E-state index in [1.807, 2.05) is 31.0 Å². The van der Waals surface area contributed by atoms with Crippen molar-refractivity contribution >= 4 is 33.8 Å². The molecule has 1 aliphatic heterocycles. The van der Waals surface area contributed by atoms with Crippen LogP contribution in [-0.4, -0.2) is 72.0 Å². The zero-order valence-electron chi connectivity index (χ0n) is 20.7. The predicted molar refractivity (Wildman–Crippen MR) is 142 cm³/mol. The Morgan fingerprint density at radius 2 is 1.83 bits per heavy atom. The third-order valence-electron chi connectivity index (χ3n) is 6.62. The molecule has 1 saturated heterocycles. The van der Waals surface area contributed by atoms with E-state index in [0.717, 1.165) is 77.6 Å². The van der Waals surface area contributed by atoms with E-state index in [9.17, 15) is 0 Å². The van der Waals surface area contributed by atoms with Crippen LogP contribution in [0, 0.1) is 0 Å². The number of hydrogen-bond donors (Lipinski definition) is 2. The maximum Gasteiger partial charge on any atom is 0.144 e. The van der Waals surface area contributed by atoms with Gasteiger partial charge in [0.15, 0.2) is 0 Å².